The molecule has 3 saturated heterocycles. The highest BCUT2D eigenvalue weighted by Gasteiger charge is 2.52. The minimum atomic E-state index is -1.77. The molecule has 16 heteroatoms. The number of aromatic hydroxyl groups is 1. The fraction of sp³-hybridized carbons (Fsp3) is 0.649. The molecule has 0 spiro atoms. The SMILES string of the molecule is C=C[C@@](C)(CCC=C(C)C)O[C@@H]1O[C@H](CO[C@@H]2O[C@@H](C)[C@H](OC(=O)C=Cc3ccc(O)cc3)[C@@H](O[C@@H]3O[C@@H](C)[C@H](O)[C@@H](O)[C@H]3O)[C@H]2O)[C@@H](O)[C@H](O)[C@H]1O. The standard InChI is InChI=1S/C37H54O16/c1-7-37(6,16-8-9-18(2)3)53-36-30(45)28(43)26(41)23(50-36)17-47-34-31(46)33(52-35-29(44)27(42)25(40)19(4)48-35)32(20(5)49-34)51-24(39)15-12-21-10-13-22(38)14-11-21/h7,9-15,19-20,23,25-36,38,40-46H,1,8,16-17H2,2-6H3/t19-,20-,23+,25-,26+,27+,28-,29+,30+,31+,32-,33-,34+,35-,36-,37-/m0/s1. The molecule has 1 aromatic rings. The number of benzene rings is 1. The van der Waals surface area contributed by atoms with Crippen LogP contribution >= 0.6 is 0 Å². The second kappa shape index (κ2) is 18.7. The third kappa shape index (κ3) is 10.9. The van der Waals surface area contributed by atoms with Crippen molar-refractivity contribution in [1.82, 2.24) is 0 Å². The van der Waals surface area contributed by atoms with E-state index >= 15 is 0 Å². The molecule has 3 heterocycles. The average Bonchev–Trinajstić information content (AvgIpc) is 3.12. The first-order chi connectivity index (χ1) is 24.9. The van der Waals surface area contributed by atoms with Gasteiger partial charge in [0.1, 0.15) is 60.7 Å². The summed E-state index contributed by atoms with van der Waals surface area (Å²) in [5.74, 6) is -0.826. The van der Waals surface area contributed by atoms with Gasteiger partial charge in [-0.3, -0.25) is 0 Å². The molecule has 0 radical (unpaired) electrons. The molecule has 0 amide bonds. The minimum Gasteiger partial charge on any atom is -0.508 e. The Morgan fingerprint density at radius 1 is 0.811 bits per heavy atom. The van der Waals surface area contributed by atoms with Crippen LogP contribution in [0.3, 0.4) is 0 Å². The smallest absolute Gasteiger partial charge is 0.331 e. The topological polar surface area (TPSA) is 244 Å². The summed E-state index contributed by atoms with van der Waals surface area (Å²) >= 11 is 0. The first-order valence-electron chi connectivity index (χ1n) is 17.6. The van der Waals surface area contributed by atoms with Crippen LogP contribution in [0.25, 0.3) is 6.08 Å². The summed E-state index contributed by atoms with van der Waals surface area (Å²) < 4.78 is 40.8. The lowest BCUT2D eigenvalue weighted by Crippen LogP contribution is -2.64. The van der Waals surface area contributed by atoms with Gasteiger partial charge in [0.05, 0.1) is 24.4 Å². The van der Waals surface area contributed by atoms with E-state index in [-0.39, 0.29) is 5.75 Å². The summed E-state index contributed by atoms with van der Waals surface area (Å²) in [6.45, 7) is 11.9. The maximum atomic E-state index is 13.0. The Morgan fingerprint density at radius 2 is 1.43 bits per heavy atom. The average molecular weight is 755 g/mol. The van der Waals surface area contributed by atoms with Gasteiger partial charge in [-0.1, -0.05) is 29.9 Å². The van der Waals surface area contributed by atoms with Crippen LogP contribution in [-0.4, -0.2) is 151 Å². The Kier molecular flexibility index (Phi) is 15.1. The number of phenolic OH excluding ortho intramolecular Hbond substituents is 1. The summed E-state index contributed by atoms with van der Waals surface area (Å²) in [5, 5.41) is 84.5. The van der Waals surface area contributed by atoms with Crippen LogP contribution in [-0.2, 0) is 38.0 Å². The third-order valence-corrected chi connectivity index (χ3v) is 9.51. The van der Waals surface area contributed by atoms with Gasteiger partial charge >= 0.3 is 5.97 Å². The lowest BCUT2D eigenvalue weighted by atomic mass is 9.96. The van der Waals surface area contributed by atoms with Crippen molar-refractivity contribution in [2.24, 2.45) is 0 Å². The van der Waals surface area contributed by atoms with Crippen LogP contribution in [0.15, 0.2) is 54.6 Å². The van der Waals surface area contributed by atoms with Gasteiger partial charge in [0.2, 0.25) is 0 Å². The van der Waals surface area contributed by atoms with Gasteiger partial charge in [0.25, 0.3) is 0 Å². The van der Waals surface area contributed by atoms with Gasteiger partial charge in [-0.15, -0.1) is 6.58 Å². The molecule has 298 valence electrons. The van der Waals surface area contributed by atoms with Crippen LogP contribution in [0.2, 0.25) is 0 Å². The van der Waals surface area contributed by atoms with Crippen molar-refractivity contribution >= 4 is 12.0 Å². The zero-order valence-corrected chi connectivity index (χ0v) is 30.5. The van der Waals surface area contributed by atoms with Crippen LogP contribution < -0.4 is 0 Å². The molecular weight excluding hydrogens is 700 g/mol. The van der Waals surface area contributed by atoms with E-state index in [1.54, 1.807) is 25.1 Å². The molecule has 0 aromatic heterocycles. The van der Waals surface area contributed by atoms with E-state index in [9.17, 15) is 45.6 Å². The van der Waals surface area contributed by atoms with Crippen LogP contribution in [0.4, 0.5) is 0 Å². The van der Waals surface area contributed by atoms with Crippen LogP contribution in [0, 0.1) is 0 Å². The molecule has 8 N–H and O–H groups in total. The van der Waals surface area contributed by atoms with E-state index in [2.05, 4.69) is 6.58 Å². The van der Waals surface area contributed by atoms with Crippen molar-refractivity contribution < 1.29 is 78.8 Å². The van der Waals surface area contributed by atoms with Crippen molar-refractivity contribution in [3.63, 3.8) is 0 Å². The Balaban J connectivity index is 1.50. The number of aliphatic hydroxyl groups is 7. The number of carbonyl (C=O) groups is 1. The van der Waals surface area contributed by atoms with Crippen molar-refractivity contribution in [3.05, 3.63) is 60.2 Å². The summed E-state index contributed by atoms with van der Waals surface area (Å²) in [6.07, 6.45) is -15.1. The predicted molar refractivity (Wildman–Crippen MR) is 186 cm³/mol. The number of phenols is 1. The number of allylic oxidation sites excluding steroid dienone is 2. The Morgan fingerprint density at radius 3 is 2.08 bits per heavy atom. The van der Waals surface area contributed by atoms with Gasteiger partial charge in [-0.05, 0) is 71.2 Å². The monoisotopic (exact) mass is 754 g/mol. The zero-order valence-electron chi connectivity index (χ0n) is 30.5. The van der Waals surface area contributed by atoms with Gasteiger partial charge < -0.3 is 74.0 Å². The number of rotatable bonds is 14. The molecule has 3 aliphatic rings. The van der Waals surface area contributed by atoms with Crippen molar-refractivity contribution in [3.8, 4) is 5.75 Å². The minimum absolute atomic E-state index is 0.0376. The van der Waals surface area contributed by atoms with Gasteiger partial charge in [-0.25, -0.2) is 4.79 Å². The lowest BCUT2D eigenvalue weighted by Gasteiger charge is -2.47. The molecule has 4 rings (SSSR count). The fourth-order valence-corrected chi connectivity index (χ4v) is 6.11. The fourth-order valence-electron chi connectivity index (χ4n) is 6.11. The molecule has 0 aliphatic carbocycles. The maximum Gasteiger partial charge on any atom is 0.331 e. The molecular formula is C37H54O16. The quantitative estimate of drug-likeness (QED) is 0.0717. The zero-order chi connectivity index (χ0) is 39.2. The second-order valence-electron chi connectivity index (χ2n) is 14.1. The molecule has 0 unspecified atom stereocenters. The first kappa shape index (κ1) is 42.9. The first-order valence-corrected chi connectivity index (χ1v) is 17.6. The molecule has 1 aromatic carbocycles. The lowest BCUT2D eigenvalue weighted by molar-refractivity contribution is -0.362. The summed E-state index contributed by atoms with van der Waals surface area (Å²) in [4.78, 5) is 13.0. The van der Waals surface area contributed by atoms with E-state index < -0.39 is 110 Å². The van der Waals surface area contributed by atoms with Gasteiger partial charge in [0.15, 0.2) is 25.0 Å². The number of esters is 1. The molecule has 53 heavy (non-hydrogen) atoms. The van der Waals surface area contributed by atoms with E-state index in [0.717, 1.165) is 11.6 Å². The number of hydrogen-bond acceptors (Lipinski definition) is 16. The molecule has 0 saturated carbocycles. The second-order valence-corrected chi connectivity index (χ2v) is 14.1. The Hall–Kier alpha value is -2.81. The molecule has 3 aliphatic heterocycles. The van der Waals surface area contributed by atoms with Gasteiger partial charge in [-0.2, -0.15) is 0 Å². The molecule has 16 atom stereocenters. The van der Waals surface area contributed by atoms with Gasteiger partial charge in [0, 0.05) is 6.08 Å². The van der Waals surface area contributed by atoms with E-state index in [1.807, 2.05) is 19.9 Å². The molecule has 0 bridgehead atoms. The van der Waals surface area contributed by atoms with Crippen LogP contribution in [0.1, 0.15) is 53.0 Å². The van der Waals surface area contributed by atoms with Crippen LogP contribution in [0.5, 0.6) is 5.75 Å². The van der Waals surface area contributed by atoms with E-state index in [1.165, 1.54) is 32.1 Å². The summed E-state index contributed by atoms with van der Waals surface area (Å²) in [7, 11) is 0. The molecule has 3 fully saturated rings. The maximum absolute atomic E-state index is 13.0. The van der Waals surface area contributed by atoms with Crippen molar-refractivity contribution in [1.29, 1.82) is 0 Å². The van der Waals surface area contributed by atoms with Crippen molar-refractivity contribution in [2.75, 3.05) is 6.61 Å². The van der Waals surface area contributed by atoms with Crippen molar-refractivity contribution in [2.45, 2.75) is 145 Å². The largest absolute Gasteiger partial charge is 0.508 e. The highest BCUT2D eigenvalue weighted by atomic mass is 16.8. The predicted octanol–water partition coefficient (Wildman–Crippen LogP) is 0.168. The Labute approximate surface area is 308 Å². The number of ether oxygens (including phenoxy) is 7. The number of aliphatic hydroxyl groups excluding tert-OH is 7. The van der Waals surface area contributed by atoms with E-state index in [4.69, 9.17) is 33.2 Å². The van der Waals surface area contributed by atoms with E-state index in [0.29, 0.717) is 18.4 Å². The number of carbonyl (C=O) groups excluding carboxylic acids is 1. The Bertz CT molecular complexity index is 1400. The summed E-state index contributed by atoms with van der Waals surface area (Å²) in [6, 6.07) is 6.00. The highest BCUT2D eigenvalue weighted by Crippen LogP contribution is 2.33. The normalized spacial score (nSPS) is 38.9. The highest BCUT2D eigenvalue weighted by molar-refractivity contribution is 5.87. The third-order valence-electron chi connectivity index (χ3n) is 9.51. The molecule has 16 nitrogen and oxygen atoms in total. The summed E-state index contributed by atoms with van der Waals surface area (Å²) in [5.41, 5.74) is 0.701. The number of hydrogen-bond donors (Lipinski definition) is 8.